The third-order valence-electron chi connectivity index (χ3n) is 2.69. The summed E-state index contributed by atoms with van der Waals surface area (Å²) in [6, 6.07) is 0. The van der Waals surface area contributed by atoms with Gasteiger partial charge < -0.3 is 4.74 Å². The maximum Gasteiger partial charge on any atom is 0.309 e. The summed E-state index contributed by atoms with van der Waals surface area (Å²) in [4.78, 5) is 11.5. The van der Waals surface area contributed by atoms with Crippen molar-refractivity contribution in [3.63, 3.8) is 0 Å². The van der Waals surface area contributed by atoms with Crippen LogP contribution in [0, 0.1) is 11.8 Å². The molecule has 13 heavy (non-hydrogen) atoms. The Morgan fingerprint density at radius 3 is 2.77 bits per heavy atom. The first-order valence-electron chi connectivity index (χ1n) is 4.95. The van der Waals surface area contributed by atoms with Crippen LogP contribution in [-0.4, -0.2) is 16.5 Å². The van der Waals surface area contributed by atoms with Crippen LogP contribution in [0.2, 0.25) is 0 Å². The van der Waals surface area contributed by atoms with Gasteiger partial charge in [-0.05, 0) is 32.1 Å². The van der Waals surface area contributed by atoms with Gasteiger partial charge in [-0.1, -0.05) is 29.5 Å². The van der Waals surface area contributed by atoms with Crippen molar-refractivity contribution in [3.8, 4) is 0 Å². The lowest BCUT2D eigenvalue weighted by Gasteiger charge is -2.29. The third kappa shape index (κ3) is 3.11. The molecule has 0 heterocycles. The van der Waals surface area contributed by atoms with E-state index in [0.29, 0.717) is 12.5 Å². The van der Waals surface area contributed by atoms with Crippen molar-refractivity contribution in [2.75, 3.05) is 6.61 Å². The van der Waals surface area contributed by atoms with Crippen molar-refractivity contribution in [3.05, 3.63) is 0 Å². The molecule has 1 rings (SSSR count). The number of halogens is 1. The Kier molecular flexibility index (Phi) is 4.49. The Labute approximate surface area is 93.6 Å². The van der Waals surface area contributed by atoms with Crippen LogP contribution >= 0.6 is 22.6 Å². The first-order chi connectivity index (χ1) is 6.15. The second-order valence-electron chi connectivity index (χ2n) is 3.75. The lowest BCUT2D eigenvalue weighted by atomic mass is 9.80. The van der Waals surface area contributed by atoms with Crippen LogP contribution in [0.5, 0.6) is 0 Å². The molecule has 0 aliphatic heterocycles. The predicted octanol–water partition coefficient (Wildman–Crippen LogP) is 2.79. The SMILES string of the molecule is CCOC(=O)C1CCC(I)CC1C. The van der Waals surface area contributed by atoms with Crippen molar-refractivity contribution < 1.29 is 9.53 Å². The molecule has 0 amide bonds. The van der Waals surface area contributed by atoms with E-state index in [4.69, 9.17) is 4.74 Å². The van der Waals surface area contributed by atoms with Gasteiger partial charge in [0, 0.05) is 3.92 Å². The summed E-state index contributed by atoms with van der Waals surface area (Å²) in [6.45, 7) is 4.54. The van der Waals surface area contributed by atoms with E-state index < -0.39 is 0 Å². The van der Waals surface area contributed by atoms with E-state index in [9.17, 15) is 4.79 Å². The lowest BCUT2D eigenvalue weighted by Crippen LogP contribution is -2.30. The fourth-order valence-electron chi connectivity index (χ4n) is 1.93. The van der Waals surface area contributed by atoms with Crippen molar-refractivity contribution in [2.45, 2.75) is 37.0 Å². The average molecular weight is 296 g/mol. The molecule has 3 atom stereocenters. The van der Waals surface area contributed by atoms with Crippen LogP contribution in [-0.2, 0) is 9.53 Å². The molecule has 1 saturated carbocycles. The smallest absolute Gasteiger partial charge is 0.309 e. The Hall–Kier alpha value is 0.200. The van der Waals surface area contributed by atoms with Gasteiger partial charge in [-0.3, -0.25) is 4.79 Å². The standard InChI is InChI=1S/C10H17IO2/c1-3-13-10(12)9-5-4-8(11)6-7(9)2/h7-9H,3-6H2,1-2H3. The average Bonchev–Trinajstić information content (AvgIpc) is 2.04. The zero-order valence-electron chi connectivity index (χ0n) is 8.25. The number of carbonyl (C=O) groups excluding carboxylic acids is 1. The molecule has 0 N–H and O–H groups in total. The zero-order valence-corrected chi connectivity index (χ0v) is 10.4. The Morgan fingerprint density at radius 1 is 1.54 bits per heavy atom. The van der Waals surface area contributed by atoms with Crippen molar-refractivity contribution in [2.24, 2.45) is 11.8 Å². The van der Waals surface area contributed by atoms with Gasteiger partial charge in [0.15, 0.2) is 0 Å². The molecule has 3 heteroatoms. The summed E-state index contributed by atoms with van der Waals surface area (Å²) in [5, 5.41) is 0. The summed E-state index contributed by atoms with van der Waals surface area (Å²) in [6.07, 6.45) is 3.33. The minimum atomic E-state index is 0.0123. The minimum Gasteiger partial charge on any atom is -0.466 e. The van der Waals surface area contributed by atoms with Crippen LogP contribution in [0.4, 0.5) is 0 Å². The fourth-order valence-corrected chi connectivity index (χ4v) is 3.09. The second-order valence-corrected chi connectivity index (χ2v) is 5.51. The molecule has 1 fully saturated rings. The molecule has 0 aromatic rings. The van der Waals surface area contributed by atoms with Crippen LogP contribution in [0.15, 0.2) is 0 Å². The van der Waals surface area contributed by atoms with Crippen molar-refractivity contribution >= 4 is 28.6 Å². The molecule has 0 saturated heterocycles. The Morgan fingerprint density at radius 2 is 2.23 bits per heavy atom. The number of rotatable bonds is 2. The molecule has 0 aromatic carbocycles. The molecular formula is C10H17IO2. The highest BCUT2D eigenvalue weighted by Crippen LogP contribution is 2.34. The van der Waals surface area contributed by atoms with Crippen LogP contribution in [0.1, 0.15) is 33.1 Å². The number of hydrogen-bond acceptors (Lipinski definition) is 2. The van der Waals surface area contributed by atoms with Crippen LogP contribution < -0.4 is 0 Å². The quantitative estimate of drug-likeness (QED) is 0.445. The molecular weight excluding hydrogens is 279 g/mol. The first-order valence-corrected chi connectivity index (χ1v) is 6.20. The number of ether oxygens (including phenoxy) is 1. The predicted molar refractivity (Wildman–Crippen MR) is 60.9 cm³/mol. The molecule has 0 radical (unpaired) electrons. The normalized spacial score (nSPS) is 34.2. The van der Waals surface area contributed by atoms with Gasteiger partial charge in [0.1, 0.15) is 0 Å². The largest absolute Gasteiger partial charge is 0.466 e. The number of alkyl halides is 1. The zero-order chi connectivity index (χ0) is 9.84. The molecule has 0 spiro atoms. The Balaban J connectivity index is 2.45. The van der Waals surface area contributed by atoms with Crippen molar-refractivity contribution in [1.82, 2.24) is 0 Å². The van der Waals surface area contributed by atoms with E-state index in [1.807, 2.05) is 6.92 Å². The molecule has 0 bridgehead atoms. The molecule has 0 aromatic heterocycles. The third-order valence-corrected chi connectivity index (χ3v) is 3.83. The maximum atomic E-state index is 11.5. The highest BCUT2D eigenvalue weighted by Gasteiger charge is 2.31. The van der Waals surface area contributed by atoms with Gasteiger partial charge in [-0.25, -0.2) is 0 Å². The molecule has 3 unspecified atom stereocenters. The first kappa shape index (κ1) is 11.3. The Bertz CT molecular complexity index is 182. The van der Waals surface area contributed by atoms with Crippen LogP contribution in [0.3, 0.4) is 0 Å². The topological polar surface area (TPSA) is 26.3 Å². The fraction of sp³-hybridized carbons (Fsp3) is 0.900. The lowest BCUT2D eigenvalue weighted by molar-refractivity contribution is -0.150. The summed E-state index contributed by atoms with van der Waals surface area (Å²) >= 11 is 2.47. The highest BCUT2D eigenvalue weighted by atomic mass is 127. The van der Waals surface area contributed by atoms with Gasteiger partial charge in [0.2, 0.25) is 0 Å². The summed E-state index contributed by atoms with van der Waals surface area (Å²) in [5.74, 6) is 0.666. The number of esters is 1. The van der Waals surface area contributed by atoms with Gasteiger partial charge >= 0.3 is 5.97 Å². The molecule has 1 aliphatic rings. The van der Waals surface area contributed by atoms with Gasteiger partial charge in [-0.15, -0.1) is 0 Å². The van der Waals surface area contributed by atoms with E-state index >= 15 is 0 Å². The van der Waals surface area contributed by atoms with Gasteiger partial charge in [0.05, 0.1) is 12.5 Å². The van der Waals surface area contributed by atoms with Crippen LogP contribution in [0.25, 0.3) is 0 Å². The molecule has 2 nitrogen and oxygen atoms in total. The second kappa shape index (κ2) is 5.17. The molecule has 76 valence electrons. The summed E-state index contributed by atoms with van der Waals surface area (Å²) in [5.41, 5.74) is 0. The van der Waals surface area contributed by atoms with E-state index in [2.05, 4.69) is 29.5 Å². The number of hydrogen-bond donors (Lipinski definition) is 0. The van der Waals surface area contributed by atoms with Crippen molar-refractivity contribution in [1.29, 1.82) is 0 Å². The van der Waals surface area contributed by atoms with E-state index in [-0.39, 0.29) is 11.9 Å². The monoisotopic (exact) mass is 296 g/mol. The minimum absolute atomic E-state index is 0.0123. The summed E-state index contributed by atoms with van der Waals surface area (Å²) in [7, 11) is 0. The van der Waals surface area contributed by atoms with Gasteiger partial charge in [-0.2, -0.15) is 0 Å². The maximum absolute atomic E-state index is 11.5. The highest BCUT2D eigenvalue weighted by molar-refractivity contribution is 14.1. The summed E-state index contributed by atoms with van der Waals surface area (Å²) < 4.78 is 5.79. The van der Waals surface area contributed by atoms with E-state index in [1.165, 1.54) is 0 Å². The molecule has 1 aliphatic carbocycles. The number of carbonyl (C=O) groups is 1. The van der Waals surface area contributed by atoms with E-state index in [0.717, 1.165) is 23.2 Å². The van der Waals surface area contributed by atoms with E-state index in [1.54, 1.807) is 0 Å². The van der Waals surface area contributed by atoms with Gasteiger partial charge in [0.25, 0.3) is 0 Å².